The standard InChI is InChI=1S/C25H23NO3/c1-16-23(25(27)28-15-17-8-3-2-4-9-17)20-12-7-11-19(24(20)29-16)21-14-26-22-13-6-5-10-18(21)22/h2-6,8-10,13-14,19,26H,7,11-12,15H2,1H3. The fourth-order valence-corrected chi connectivity index (χ4v) is 4.50. The van der Waals surface area contributed by atoms with E-state index in [0.29, 0.717) is 11.3 Å². The van der Waals surface area contributed by atoms with Crippen LogP contribution in [0.25, 0.3) is 10.9 Å². The fraction of sp³-hybridized carbons (Fsp3) is 0.240. The van der Waals surface area contributed by atoms with Crippen LogP contribution in [-0.2, 0) is 17.8 Å². The SMILES string of the molecule is Cc1oc2c(c1C(=O)OCc1ccccc1)CCCC2c1c[nH]c2ccccc12. The molecule has 1 atom stereocenters. The molecule has 2 heterocycles. The van der Waals surface area contributed by atoms with Gasteiger partial charge < -0.3 is 14.1 Å². The predicted molar refractivity (Wildman–Crippen MR) is 112 cm³/mol. The molecule has 5 rings (SSSR count). The number of furan rings is 1. The minimum Gasteiger partial charge on any atom is -0.465 e. The average molecular weight is 385 g/mol. The molecule has 146 valence electrons. The van der Waals surface area contributed by atoms with E-state index in [-0.39, 0.29) is 18.5 Å². The van der Waals surface area contributed by atoms with Gasteiger partial charge in [0.05, 0.1) is 0 Å². The number of carbonyl (C=O) groups excluding carboxylic acids is 1. The highest BCUT2D eigenvalue weighted by atomic mass is 16.5. The first-order chi connectivity index (χ1) is 14.2. The summed E-state index contributed by atoms with van der Waals surface area (Å²) >= 11 is 0. The van der Waals surface area contributed by atoms with E-state index in [4.69, 9.17) is 9.15 Å². The quantitative estimate of drug-likeness (QED) is 0.445. The van der Waals surface area contributed by atoms with E-state index < -0.39 is 0 Å². The molecule has 0 saturated heterocycles. The van der Waals surface area contributed by atoms with E-state index in [2.05, 4.69) is 29.4 Å². The summed E-state index contributed by atoms with van der Waals surface area (Å²) in [7, 11) is 0. The molecular weight excluding hydrogens is 362 g/mol. The molecule has 29 heavy (non-hydrogen) atoms. The first-order valence-electron chi connectivity index (χ1n) is 10.1. The van der Waals surface area contributed by atoms with Crippen molar-refractivity contribution in [3.05, 3.63) is 94.6 Å². The highest BCUT2D eigenvalue weighted by molar-refractivity contribution is 5.93. The average Bonchev–Trinajstić information content (AvgIpc) is 3.33. The predicted octanol–water partition coefficient (Wildman–Crippen LogP) is 5.89. The third kappa shape index (κ3) is 3.15. The fourth-order valence-electron chi connectivity index (χ4n) is 4.50. The lowest BCUT2D eigenvalue weighted by Crippen LogP contribution is -2.13. The molecule has 2 aromatic carbocycles. The van der Waals surface area contributed by atoms with Crippen molar-refractivity contribution in [2.75, 3.05) is 0 Å². The molecule has 0 fully saturated rings. The Labute approximate surface area is 169 Å². The Balaban J connectivity index is 1.47. The van der Waals surface area contributed by atoms with Gasteiger partial charge in [0.1, 0.15) is 23.7 Å². The molecule has 1 aliphatic carbocycles. The van der Waals surface area contributed by atoms with Crippen LogP contribution in [0.3, 0.4) is 0 Å². The zero-order valence-electron chi connectivity index (χ0n) is 16.4. The van der Waals surface area contributed by atoms with Crippen LogP contribution in [0.15, 0.2) is 65.2 Å². The van der Waals surface area contributed by atoms with Gasteiger partial charge in [0, 0.05) is 28.6 Å². The van der Waals surface area contributed by atoms with E-state index in [9.17, 15) is 4.79 Å². The molecule has 0 bridgehead atoms. The summed E-state index contributed by atoms with van der Waals surface area (Å²) in [5.41, 5.74) is 4.97. The first kappa shape index (κ1) is 17.8. The topological polar surface area (TPSA) is 55.2 Å². The molecule has 4 nitrogen and oxygen atoms in total. The van der Waals surface area contributed by atoms with Gasteiger partial charge >= 0.3 is 5.97 Å². The number of nitrogens with one attached hydrogen (secondary N) is 1. The lowest BCUT2D eigenvalue weighted by atomic mass is 9.82. The molecule has 0 saturated carbocycles. The molecule has 4 aromatic rings. The second-order valence-corrected chi connectivity index (χ2v) is 7.67. The normalized spacial score (nSPS) is 16.0. The molecular formula is C25H23NO3. The van der Waals surface area contributed by atoms with Gasteiger partial charge in [-0.3, -0.25) is 0 Å². The van der Waals surface area contributed by atoms with E-state index in [1.54, 1.807) is 0 Å². The third-order valence-corrected chi connectivity index (χ3v) is 5.86. The number of hydrogen-bond donors (Lipinski definition) is 1. The minimum atomic E-state index is -0.295. The maximum atomic E-state index is 12.9. The number of esters is 1. The van der Waals surface area contributed by atoms with Crippen LogP contribution in [-0.4, -0.2) is 11.0 Å². The zero-order valence-corrected chi connectivity index (χ0v) is 16.4. The Morgan fingerprint density at radius 1 is 1.14 bits per heavy atom. The van der Waals surface area contributed by atoms with E-state index in [1.807, 2.05) is 43.3 Å². The number of benzene rings is 2. The number of hydrogen-bond acceptors (Lipinski definition) is 3. The van der Waals surface area contributed by atoms with Gasteiger partial charge in [-0.1, -0.05) is 48.5 Å². The van der Waals surface area contributed by atoms with Crippen molar-refractivity contribution in [2.45, 2.75) is 38.7 Å². The number of fused-ring (bicyclic) bond motifs is 2. The monoisotopic (exact) mass is 385 g/mol. The minimum absolute atomic E-state index is 0.157. The van der Waals surface area contributed by atoms with Crippen LogP contribution >= 0.6 is 0 Å². The molecule has 0 aliphatic heterocycles. The lowest BCUT2D eigenvalue weighted by molar-refractivity contribution is 0.0469. The van der Waals surface area contributed by atoms with Gasteiger partial charge in [0.2, 0.25) is 0 Å². The molecule has 0 radical (unpaired) electrons. The van der Waals surface area contributed by atoms with Crippen molar-refractivity contribution in [3.63, 3.8) is 0 Å². The first-order valence-corrected chi connectivity index (χ1v) is 10.1. The Bertz CT molecular complexity index is 1170. The summed E-state index contributed by atoms with van der Waals surface area (Å²) in [6.45, 7) is 2.13. The van der Waals surface area contributed by atoms with Crippen molar-refractivity contribution in [1.82, 2.24) is 4.98 Å². The summed E-state index contributed by atoms with van der Waals surface area (Å²) in [6.07, 6.45) is 4.96. The van der Waals surface area contributed by atoms with Crippen molar-refractivity contribution >= 4 is 16.9 Å². The molecule has 1 N–H and O–H groups in total. The summed E-state index contributed by atoms with van der Waals surface area (Å²) in [5, 5.41) is 1.22. The summed E-state index contributed by atoms with van der Waals surface area (Å²) < 4.78 is 11.8. The summed E-state index contributed by atoms with van der Waals surface area (Å²) in [6, 6.07) is 18.1. The van der Waals surface area contributed by atoms with Gasteiger partial charge in [-0.15, -0.1) is 0 Å². The van der Waals surface area contributed by atoms with Crippen molar-refractivity contribution in [2.24, 2.45) is 0 Å². The summed E-state index contributed by atoms with van der Waals surface area (Å²) in [5.74, 6) is 1.44. The third-order valence-electron chi connectivity index (χ3n) is 5.86. The van der Waals surface area contributed by atoms with Gasteiger partial charge in [0.15, 0.2) is 0 Å². The van der Waals surface area contributed by atoms with Crippen molar-refractivity contribution < 1.29 is 13.9 Å². The maximum absolute atomic E-state index is 12.9. The molecule has 4 heteroatoms. The van der Waals surface area contributed by atoms with E-state index >= 15 is 0 Å². The highest BCUT2D eigenvalue weighted by Crippen LogP contribution is 2.42. The molecule has 1 aliphatic rings. The molecule has 0 spiro atoms. The Morgan fingerprint density at radius 2 is 1.93 bits per heavy atom. The summed E-state index contributed by atoms with van der Waals surface area (Å²) in [4.78, 5) is 16.3. The van der Waals surface area contributed by atoms with Crippen LogP contribution in [0.2, 0.25) is 0 Å². The van der Waals surface area contributed by atoms with Crippen molar-refractivity contribution in [3.8, 4) is 0 Å². The van der Waals surface area contributed by atoms with Gasteiger partial charge in [0.25, 0.3) is 0 Å². The number of ether oxygens (including phenoxy) is 1. The number of aromatic amines is 1. The largest absolute Gasteiger partial charge is 0.465 e. The van der Waals surface area contributed by atoms with Crippen LogP contribution in [0.1, 0.15) is 57.3 Å². The molecule has 1 unspecified atom stereocenters. The highest BCUT2D eigenvalue weighted by Gasteiger charge is 2.33. The van der Waals surface area contributed by atoms with E-state index in [0.717, 1.165) is 41.7 Å². The van der Waals surface area contributed by atoms with Crippen LogP contribution in [0.4, 0.5) is 0 Å². The number of aryl methyl sites for hydroxylation is 1. The number of H-pyrrole nitrogens is 1. The number of aromatic nitrogens is 1. The van der Waals surface area contributed by atoms with Crippen molar-refractivity contribution in [1.29, 1.82) is 0 Å². The van der Waals surface area contributed by atoms with Crippen LogP contribution in [0, 0.1) is 6.92 Å². The van der Waals surface area contributed by atoms with Gasteiger partial charge in [-0.25, -0.2) is 4.79 Å². The Morgan fingerprint density at radius 3 is 2.79 bits per heavy atom. The number of carbonyl (C=O) groups is 1. The second kappa shape index (κ2) is 7.28. The lowest BCUT2D eigenvalue weighted by Gasteiger charge is -2.21. The molecule has 2 aromatic heterocycles. The van der Waals surface area contributed by atoms with E-state index in [1.165, 1.54) is 10.9 Å². The van der Waals surface area contributed by atoms with Crippen LogP contribution < -0.4 is 0 Å². The maximum Gasteiger partial charge on any atom is 0.342 e. The van der Waals surface area contributed by atoms with Crippen LogP contribution in [0.5, 0.6) is 0 Å². The van der Waals surface area contributed by atoms with Gasteiger partial charge in [-0.2, -0.15) is 0 Å². The Hall–Kier alpha value is -3.27. The zero-order chi connectivity index (χ0) is 19.8. The smallest absolute Gasteiger partial charge is 0.342 e. The number of rotatable bonds is 4. The number of para-hydroxylation sites is 1. The van der Waals surface area contributed by atoms with Gasteiger partial charge in [-0.05, 0) is 43.4 Å². The second-order valence-electron chi connectivity index (χ2n) is 7.67. The molecule has 0 amide bonds. The Kier molecular flexibility index (Phi) is 4.47.